The molecule has 0 aliphatic carbocycles. The second-order valence-corrected chi connectivity index (χ2v) is 12.7. The third kappa shape index (κ3) is 5.20. The van der Waals surface area contributed by atoms with Crippen LogP contribution in [0.5, 0.6) is 0 Å². The van der Waals surface area contributed by atoms with Gasteiger partial charge >= 0.3 is 0 Å². The summed E-state index contributed by atoms with van der Waals surface area (Å²) in [7, 11) is 0. The van der Waals surface area contributed by atoms with Crippen molar-refractivity contribution in [1.29, 1.82) is 0 Å². The van der Waals surface area contributed by atoms with Crippen LogP contribution in [-0.2, 0) is 0 Å². The first-order valence-electron chi connectivity index (χ1n) is 17.0. The smallest absolute Gasteiger partial charge is 0.164 e. The van der Waals surface area contributed by atoms with E-state index in [9.17, 15) is 0 Å². The molecule has 5 nitrogen and oxygen atoms in total. The average molecular weight is 653 g/mol. The van der Waals surface area contributed by atoms with Gasteiger partial charge in [-0.2, -0.15) is 0 Å². The molecule has 3 heterocycles. The first-order valence-corrected chi connectivity index (χ1v) is 17.0. The predicted octanol–water partition coefficient (Wildman–Crippen LogP) is 11.8. The minimum atomic E-state index is 0.621. The molecule has 7 aromatic carbocycles. The van der Waals surface area contributed by atoms with Gasteiger partial charge in [0.25, 0.3) is 0 Å². The van der Waals surface area contributed by atoms with Crippen LogP contribution in [0.3, 0.4) is 0 Å². The SMILES string of the molecule is c1ccc(-c2nc(-c3ccccc3)nc(-c3ccc(-c4cc(-c5ccc6ccccc6c5)cc5oc6cc7cccnc7cc6c45)cc3)n2)cc1. The van der Waals surface area contributed by atoms with Crippen LogP contribution >= 0.6 is 0 Å². The van der Waals surface area contributed by atoms with Crippen LogP contribution in [0.25, 0.3) is 100 Å². The lowest BCUT2D eigenvalue weighted by Crippen LogP contribution is -2.00. The molecule has 51 heavy (non-hydrogen) atoms. The van der Waals surface area contributed by atoms with Gasteiger partial charge in [0.2, 0.25) is 0 Å². The molecule has 0 aliphatic rings. The van der Waals surface area contributed by atoms with E-state index < -0.39 is 0 Å². The topological polar surface area (TPSA) is 64.7 Å². The molecule has 5 heteroatoms. The van der Waals surface area contributed by atoms with Crippen molar-refractivity contribution < 1.29 is 4.42 Å². The Morgan fingerprint density at radius 2 is 0.961 bits per heavy atom. The number of hydrogen-bond acceptors (Lipinski definition) is 5. The van der Waals surface area contributed by atoms with Crippen molar-refractivity contribution in [1.82, 2.24) is 19.9 Å². The highest BCUT2D eigenvalue weighted by Gasteiger charge is 2.18. The summed E-state index contributed by atoms with van der Waals surface area (Å²) in [5.41, 5.74) is 9.77. The van der Waals surface area contributed by atoms with Gasteiger partial charge in [0.05, 0.1) is 5.52 Å². The molecule has 238 valence electrons. The third-order valence-corrected chi connectivity index (χ3v) is 9.53. The minimum Gasteiger partial charge on any atom is -0.456 e. The van der Waals surface area contributed by atoms with Crippen LogP contribution in [0.1, 0.15) is 0 Å². The van der Waals surface area contributed by atoms with Crippen LogP contribution in [-0.4, -0.2) is 19.9 Å². The molecule has 0 aliphatic heterocycles. The van der Waals surface area contributed by atoms with Gasteiger partial charge in [-0.25, -0.2) is 15.0 Å². The number of aromatic nitrogens is 4. The van der Waals surface area contributed by atoms with E-state index in [1.807, 2.05) is 72.9 Å². The first kappa shape index (κ1) is 29.0. The number of rotatable bonds is 5. The molecular weight excluding hydrogens is 625 g/mol. The van der Waals surface area contributed by atoms with E-state index in [0.717, 1.165) is 71.8 Å². The number of furan rings is 1. The highest BCUT2D eigenvalue weighted by atomic mass is 16.3. The summed E-state index contributed by atoms with van der Waals surface area (Å²) >= 11 is 0. The third-order valence-electron chi connectivity index (χ3n) is 9.53. The van der Waals surface area contributed by atoms with E-state index in [1.165, 1.54) is 10.8 Å². The van der Waals surface area contributed by atoms with Crippen LogP contribution in [0.15, 0.2) is 174 Å². The Hall–Kier alpha value is -6.98. The Bertz CT molecular complexity index is 2840. The van der Waals surface area contributed by atoms with Gasteiger partial charge < -0.3 is 4.42 Å². The lowest BCUT2D eigenvalue weighted by Gasteiger charge is -2.11. The van der Waals surface area contributed by atoms with Crippen LogP contribution in [0.2, 0.25) is 0 Å². The van der Waals surface area contributed by atoms with E-state index >= 15 is 0 Å². The van der Waals surface area contributed by atoms with Gasteiger partial charge in [-0.15, -0.1) is 0 Å². The summed E-state index contributed by atoms with van der Waals surface area (Å²) in [5.74, 6) is 1.90. The van der Waals surface area contributed by atoms with Crippen molar-refractivity contribution in [3.8, 4) is 56.4 Å². The lowest BCUT2D eigenvalue weighted by atomic mass is 9.93. The average Bonchev–Trinajstić information content (AvgIpc) is 3.57. The molecule has 0 fully saturated rings. The monoisotopic (exact) mass is 652 g/mol. The second kappa shape index (κ2) is 11.9. The highest BCUT2D eigenvalue weighted by molar-refractivity contribution is 6.16. The van der Waals surface area contributed by atoms with Crippen molar-refractivity contribution in [2.24, 2.45) is 0 Å². The van der Waals surface area contributed by atoms with Crippen molar-refractivity contribution in [3.63, 3.8) is 0 Å². The Labute approximate surface area is 293 Å². The Morgan fingerprint density at radius 3 is 1.67 bits per heavy atom. The fourth-order valence-corrected chi connectivity index (χ4v) is 6.97. The quantitative estimate of drug-likeness (QED) is 0.185. The first-order chi connectivity index (χ1) is 25.2. The maximum Gasteiger partial charge on any atom is 0.164 e. The maximum absolute atomic E-state index is 6.62. The Kier molecular flexibility index (Phi) is 6.74. The number of benzene rings is 7. The Balaban J connectivity index is 1.15. The predicted molar refractivity (Wildman–Crippen MR) is 207 cm³/mol. The van der Waals surface area contributed by atoms with Crippen molar-refractivity contribution in [3.05, 3.63) is 170 Å². The van der Waals surface area contributed by atoms with Gasteiger partial charge in [0.1, 0.15) is 11.2 Å². The summed E-state index contributed by atoms with van der Waals surface area (Å²) in [4.78, 5) is 19.4. The van der Waals surface area contributed by atoms with Crippen molar-refractivity contribution in [2.75, 3.05) is 0 Å². The Morgan fingerprint density at radius 1 is 0.373 bits per heavy atom. The molecule has 0 radical (unpaired) electrons. The molecule has 3 aromatic heterocycles. The molecule has 0 N–H and O–H groups in total. The van der Waals surface area contributed by atoms with Gasteiger partial charge in [0.15, 0.2) is 17.5 Å². The molecule has 10 rings (SSSR count). The van der Waals surface area contributed by atoms with E-state index in [0.29, 0.717) is 17.5 Å². The summed E-state index contributed by atoms with van der Waals surface area (Å²) in [6, 6.07) is 56.4. The van der Waals surface area contributed by atoms with Crippen molar-refractivity contribution in [2.45, 2.75) is 0 Å². The minimum absolute atomic E-state index is 0.621. The normalized spacial score (nSPS) is 11.5. The molecule has 0 bridgehead atoms. The largest absolute Gasteiger partial charge is 0.456 e. The second-order valence-electron chi connectivity index (χ2n) is 12.7. The van der Waals surface area contributed by atoms with E-state index in [2.05, 4.69) is 102 Å². The molecular formula is C46H28N4O. The van der Waals surface area contributed by atoms with Gasteiger partial charge in [-0.05, 0) is 69.4 Å². The molecule has 0 atom stereocenters. The molecule has 0 saturated heterocycles. The van der Waals surface area contributed by atoms with Gasteiger partial charge in [-0.1, -0.05) is 127 Å². The summed E-state index contributed by atoms with van der Waals surface area (Å²) in [6.07, 6.45) is 1.83. The summed E-state index contributed by atoms with van der Waals surface area (Å²) in [6.45, 7) is 0. The number of fused-ring (bicyclic) bond motifs is 5. The standard InChI is InChI=1S/C46H28N4O/c1-3-11-31(12-4-1)44-48-45(32-13-5-2-6-14-32)50-46(49-44)33-20-18-30(19-21-33)38-25-37(35-22-17-29-10-7-8-15-34(29)24-35)27-42-43(38)39-28-40-36(16-9-23-47-40)26-41(39)51-42/h1-28H. The maximum atomic E-state index is 6.62. The zero-order chi connectivity index (χ0) is 33.7. The molecule has 0 saturated carbocycles. The van der Waals surface area contributed by atoms with E-state index in [4.69, 9.17) is 19.4 Å². The summed E-state index contributed by atoms with van der Waals surface area (Å²) in [5, 5.41) is 5.56. The van der Waals surface area contributed by atoms with Gasteiger partial charge in [-0.3, -0.25) is 4.98 Å². The summed E-state index contributed by atoms with van der Waals surface area (Å²) < 4.78 is 6.62. The van der Waals surface area contributed by atoms with Crippen LogP contribution < -0.4 is 0 Å². The van der Waals surface area contributed by atoms with Crippen LogP contribution in [0.4, 0.5) is 0 Å². The van der Waals surface area contributed by atoms with E-state index in [-0.39, 0.29) is 0 Å². The van der Waals surface area contributed by atoms with E-state index in [1.54, 1.807) is 0 Å². The fraction of sp³-hybridized carbons (Fsp3) is 0. The highest BCUT2D eigenvalue weighted by Crippen LogP contribution is 2.42. The molecule has 0 unspecified atom stereocenters. The number of pyridine rings is 1. The van der Waals surface area contributed by atoms with Gasteiger partial charge in [0, 0.05) is 39.0 Å². The zero-order valence-corrected chi connectivity index (χ0v) is 27.4. The number of nitrogens with zero attached hydrogens (tertiary/aromatic N) is 4. The molecule has 10 aromatic rings. The lowest BCUT2D eigenvalue weighted by molar-refractivity contribution is 0.669. The molecule has 0 amide bonds. The van der Waals surface area contributed by atoms with Crippen LogP contribution in [0, 0.1) is 0 Å². The molecule has 0 spiro atoms. The fourth-order valence-electron chi connectivity index (χ4n) is 6.97. The van der Waals surface area contributed by atoms with Crippen molar-refractivity contribution >= 4 is 43.6 Å². The number of hydrogen-bond donors (Lipinski definition) is 0. The zero-order valence-electron chi connectivity index (χ0n) is 27.4.